The van der Waals surface area contributed by atoms with E-state index in [1.165, 1.54) is 24.3 Å². The van der Waals surface area contributed by atoms with Crippen LogP contribution in [0.4, 0.5) is 9.18 Å². The molecule has 1 saturated heterocycles. The average molecular weight is 429 g/mol. The maximum Gasteiger partial charge on any atom is 0.325 e. The molecule has 8 heteroatoms. The van der Waals surface area contributed by atoms with E-state index in [1.807, 2.05) is 18.4 Å². The Morgan fingerprint density at radius 1 is 1.19 bits per heavy atom. The van der Waals surface area contributed by atoms with Gasteiger partial charge < -0.3 is 14.6 Å². The van der Waals surface area contributed by atoms with E-state index < -0.39 is 23.3 Å². The molecule has 166 valence electrons. The number of methoxy groups -OCH3 is 1. The minimum Gasteiger partial charge on any atom is -0.385 e. The first-order valence-corrected chi connectivity index (χ1v) is 10.3. The second-order valence-corrected chi connectivity index (χ2v) is 7.79. The molecule has 2 aromatic rings. The normalized spacial score (nSPS) is 18.5. The molecular weight excluding hydrogens is 401 g/mol. The Kier molecular flexibility index (Phi) is 6.59. The maximum atomic E-state index is 13.3. The van der Waals surface area contributed by atoms with E-state index >= 15 is 0 Å². The Morgan fingerprint density at radius 2 is 1.87 bits per heavy atom. The second kappa shape index (κ2) is 9.01. The fourth-order valence-corrected chi connectivity index (χ4v) is 4.17. The third-order valence-electron chi connectivity index (χ3n) is 5.95. The van der Waals surface area contributed by atoms with Gasteiger partial charge in [0, 0.05) is 37.2 Å². The van der Waals surface area contributed by atoms with Crippen molar-refractivity contribution < 1.29 is 23.5 Å². The summed E-state index contributed by atoms with van der Waals surface area (Å²) in [5.41, 5.74) is 1.41. The minimum atomic E-state index is -1.30. The zero-order valence-electron chi connectivity index (χ0n) is 18.3. The second-order valence-electron chi connectivity index (χ2n) is 7.79. The zero-order valence-corrected chi connectivity index (χ0v) is 18.3. The van der Waals surface area contributed by atoms with Crippen LogP contribution in [0.3, 0.4) is 0 Å². The number of Topliss-reactive ketones (excluding diaryl/α,β-unsaturated/α-hetero) is 1. The number of nitrogens with zero attached hydrogens (tertiary/aromatic N) is 2. The van der Waals surface area contributed by atoms with Gasteiger partial charge in [0.25, 0.3) is 5.91 Å². The highest BCUT2D eigenvalue weighted by Crippen LogP contribution is 2.32. The summed E-state index contributed by atoms with van der Waals surface area (Å²) in [5.74, 6) is -1.24. The highest BCUT2D eigenvalue weighted by molar-refractivity contribution is 6.11. The van der Waals surface area contributed by atoms with Crippen molar-refractivity contribution in [2.24, 2.45) is 0 Å². The first-order chi connectivity index (χ1) is 14.7. The van der Waals surface area contributed by atoms with Gasteiger partial charge in [-0.1, -0.05) is 19.1 Å². The van der Waals surface area contributed by atoms with Crippen LogP contribution in [0.2, 0.25) is 0 Å². The summed E-state index contributed by atoms with van der Waals surface area (Å²) in [5, 5.41) is 2.72. The highest BCUT2D eigenvalue weighted by Gasteiger charge is 2.51. The number of nitrogens with one attached hydrogen (secondary N) is 1. The number of carbonyl (C=O) groups is 3. The van der Waals surface area contributed by atoms with Crippen LogP contribution in [-0.4, -0.2) is 47.4 Å². The molecule has 1 atom stereocenters. The summed E-state index contributed by atoms with van der Waals surface area (Å²) in [6, 6.07) is 6.62. The molecule has 1 aromatic heterocycles. The number of amides is 3. The lowest BCUT2D eigenvalue weighted by atomic mass is 9.87. The number of ether oxygens (including phenoxy) is 1. The number of imide groups is 1. The van der Waals surface area contributed by atoms with Crippen molar-refractivity contribution in [2.75, 3.05) is 20.3 Å². The number of carbonyl (C=O) groups excluding carboxylic acids is 3. The fourth-order valence-electron chi connectivity index (χ4n) is 4.17. The number of halogens is 1. The van der Waals surface area contributed by atoms with Gasteiger partial charge in [-0.2, -0.15) is 0 Å². The van der Waals surface area contributed by atoms with Gasteiger partial charge >= 0.3 is 6.03 Å². The monoisotopic (exact) mass is 429 g/mol. The molecule has 1 aliphatic rings. The third-order valence-corrected chi connectivity index (χ3v) is 5.95. The smallest absolute Gasteiger partial charge is 0.325 e. The van der Waals surface area contributed by atoms with Gasteiger partial charge in [-0.3, -0.25) is 14.5 Å². The molecular formula is C23H28FN3O4. The number of aromatic nitrogens is 1. The number of hydrogen-bond donors (Lipinski definition) is 1. The molecule has 1 aliphatic heterocycles. The topological polar surface area (TPSA) is 80.6 Å². The van der Waals surface area contributed by atoms with Crippen LogP contribution in [0.15, 0.2) is 30.3 Å². The van der Waals surface area contributed by atoms with Crippen molar-refractivity contribution in [2.45, 2.75) is 45.7 Å². The van der Waals surface area contributed by atoms with Crippen molar-refractivity contribution in [3.05, 3.63) is 58.7 Å². The van der Waals surface area contributed by atoms with E-state index in [4.69, 9.17) is 4.74 Å². The summed E-state index contributed by atoms with van der Waals surface area (Å²) >= 11 is 0. The van der Waals surface area contributed by atoms with Gasteiger partial charge in [0.15, 0.2) is 5.78 Å². The summed E-state index contributed by atoms with van der Waals surface area (Å²) in [6.45, 7) is 6.52. The zero-order chi connectivity index (χ0) is 22.8. The summed E-state index contributed by atoms with van der Waals surface area (Å²) in [7, 11) is 1.64. The first-order valence-electron chi connectivity index (χ1n) is 10.3. The van der Waals surface area contributed by atoms with Crippen molar-refractivity contribution in [3.8, 4) is 0 Å². The molecule has 1 fully saturated rings. The van der Waals surface area contributed by atoms with E-state index in [0.29, 0.717) is 24.3 Å². The molecule has 7 nitrogen and oxygen atoms in total. The largest absolute Gasteiger partial charge is 0.385 e. The Bertz CT molecular complexity index is 999. The van der Waals surface area contributed by atoms with Crippen molar-refractivity contribution in [1.29, 1.82) is 0 Å². The first kappa shape index (κ1) is 22.7. The van der Waals surface area contributed by atoms with Crippen molar-refractivity contribution in [1.82, 2.24) is 14.8 Å². The Balaban J connectivity index is 1.82. The van der Waals surface area contributed by atoms with Crippen molar-refractivity contribution >= 4 is 17.7 Å². The van der Waals surface area contributed by atoms with E-state index in [9.17, 15) is 18.8 Å². The lowest BCUT2D eigenvalue weighted by Gasteiger charge is -2.25. The summed E-state index contributed by atoms with van der Waals surface area (Å²) in [6.07, 6.45) is 1.09. The number of ketones is 1. The molecule has 2 heterocycles. The van der Waals surface area contributed by atoms with E-state index in [2.05, 4.69) is 5.32 Å². The van der Waals surface area contributed by atoms with Crippen LogP contribution >= 0.6 is 0 Å². The molecule has 1 aromatic carbocycles. The quantitative estimate of drug-likeness (QED) is 0.377. The number of rotatable bonds is 9. The molecule has 31 heavy (non-hydrogen) atoms. The van der Waals surface area contributed by atoms with Crippen LogP contribution in [0.5, 0.6) is 0 Å². The number of aryl methyl sites for hydroxylation is 1. The molecule has 0 aliphatic carbocycles. The van der Waals surface area contributed by atoms with Gasteiger partial charge in [0.1, 0.15) is 11.4 Å². The highest BCUT2D eigenvalue weighted by atomic mass is 19.1. The van der Waals surface area contributed by atoms with Crippen LogP contribution in [0.25, 0.3) is 0 Å². The Morgan fingerprint density at radius 3 is 2.48 bits per heavy atom. The summed E-state index contributed by atoms with van der Waals surface area (Å²) < 4.78 is 20.5. The number of hydrogen-bond acceptors (Lipinski definition) is 4. The fraction of sp³-hybridized carbons (Fsp3) is 0.435. The van der Waals surface area contributed by atoms with E-state index in [-0.39, 0.29) is 18.7 Å². The predicted molar refractivity (Wildman–Crippen MR) is 113 cm³/mol. The molecule has 0 bridgehead atoms. The van der Waals surface area contributed by atoms with E-state index in [0.717, 1.165) is 22.7 Å². The molecule has 1 N–H and O–H groups in total. The van der Waals surface area contributed by atoms with Gasteiger partial charge in [0.05, 0.1) is 6.54 Å². The molecule has 3 rings (SSSR count). The van der Waals surface area contributed by atoms with Crippen LogP contribution in [-0.2, 0) is 21.6 Å². The van der Waals surface area contributed by atoms with Gasteiger partial charge in [0.2, 0.25) is 0 Å². The molecule has 0 spiro atoms. The lowest BCUT2D eigenvalue weighted by molar-refractivity contribution is -0.131. The predicted octanol–water partition coefficient (Wildman–Crippen LogP) is 3.32. The third kappa shape index (κ3) is 4.12. The summed E-state index contributed by atoms with van der Waals surface area (Å²) in [4.78, 5) is 39.9. The Labute approximate surface area is 181 Å². The van der Waals surface area contributed by atoms with Crippen LogP contribution in [0, 0.1) is 19.7 Å². The molecule has 0 saturated carbocycles. The van der Waals surface area contributed by atoms with Gasteiger partial charge in [-0.25, -0.2) is 9.18 Å². The Hall–Kier alpha value is -3.00. The SMILES string of the molecule is CCC1(c2ccc(F)cc2)NC(=O)N(CC(=O)c2cc(C)n(CCCOC)c2C)C1=O. The number of urea groups is 1. The number of benzene rings is 1. The minimum absolute atomic E-state index is 0.280. The average Bonchev–Trinajstić information content (AvgIpc) is 3.17. The van der Waals surface area contributed by atoms with Crippen LogP contribution in [0.1, 0.15) is 47.1 Å². The van der Waals surface area contributed by atoms with Crippen LogP contribution < -0.4 is 5.32 Å². The lowest BCUT2D eigenvalue weighted by Crippen LogP contribution is -2.43. The van der Waals surface area contributed by atoms with Gasteiger partial charge in [-0.05, 0) is 50.5 Å². The maximum absolute atomic E-state index is 13.3. The molecule has 3 amide bonds. The van der Waals surface area contributed by atoms with Gasteiger partial charge in [-0.15, -0.1) is 0 Å². The molecule has 0 radical (unpaired) electrons. The molecule has 1 unspecified atom stereocenters. The standard InChI is InChI=1S/C23H28FN3O4/c1-5-23(17-7-9-18(24)10-8-17)21(29)27(22(30)25-23)14-20(28)19-13-15(2)26(16(19)3)11-6-12-31-4/h7-10,13H,5-6,11-12,14H2,1-4H3,(H,25,30). The van der Waals surface area contributed by atoms with E-state index in [1.54, 1.807) is 20.1 Å². The van der Waals surface area contributed by atoms with Crippen molar-refractivity contribution in [3.63, 3.8) is 0 Å².